The molecule has 1 aromatic rings. The lowest BCUT2D eigenvalue weighted by molar-refractivity contribution is 0.0542. The maximum absolute atomic E-state index is 11.4. The topological polar surface area (TPSA) is 65.5 Å². The summed E-state index contributed by atoms with van der Waals surface area (Å²) in [6.07, 6.45) is 9.89. The molecular weight excluding hydrogens is 234 g/mol. The van der Waals surface area contributed by atoms with Gasteiger partial charge in [0, 0.05) is 0 Å². The summed E-state index contributed by atoms with van der Waals surface area (Å²) >= 11 is 0. The largest absolute Gasteiger partial charge is 0.448 e. The lowest BCUT2D eigenvalue weighted by Crippen LogP contribution is -2.13. The van der Waals surface area contributed by atoms with Gasteiger partial charge in [-0.15, -0.1) is 12.8 Å². The molecule has 1 rings (SSSR count). The summed E-state index contributed by atoms with van der Waals surface area (Å²) in [5, 5.41) is 0. The van der Waals surface area contributed by atoms with Gasteiger partial charge in [0.05, 0.1) is 0 Å². The van der Waals surface area contributed by atoms with Gasteiger partial charge in [-0.25, -0.2) is 14.6 Å². The van der Waals surface area contributed by atoms with E-state index in [0.29, 0.717) is 0 Å². The van der Waals surface area contributed by atoms with Crippen molar-refractivity contribution < 1.29 is 19.1 Å². The van der Waals surface area contributed by atoms with Crippen LogP contribution in [0.15, 0.2) is 18.2 Å². The number of carbonyl (C=O) groups is 2. The van der Waals surface area contributed by atoms with Crippen molar-refractivity contribution in [2.75, 3.05) is 13.2 Å². The van der Waals surface area contributed by atoms with Gasteiger partial charge in [-0.1, -0.05) is 17.9 Å². The van der Waals surface area contributed by atoms with Crippen LogP contribution in [-0.4, -0.2) is 30.1 Å². The highest BCUT2D eigenvalue weighted by molar-refractivity contribution is 5.91. The van der Waals surface area contributed by atoms with Crippen LogP contribution in [0.4, 0.5) is 0 Å². The van der Waals surface area contributed by atoms with Crippen molar-refractivity contribution in [3.8, 4) is 24.7 Å². The summed E-state index contributed by atoms with van der Waals surface area (Å²) in [5.74, 6) is 2.88. The first-order valence-electron chi connectivity index (χ1n) is 4.87. The molecule has 5 heteroatoms. The normalized spacial score (nSPS) is 8.78. The first kappa shape index (κ1) is 13.3. The highest BCUT2D eigenvalue weighted by Gasteiger charge is 2.13. The molecule has 0 aliphatic rings. The molecule has 0 unspecified atom stereocenters. The van der Waals surface area contributed by atoms with Gasteiger partial charge < -0.3 is 9.47 Å². The van der Waals surface area contributed by atoms with Crippen LogP contribution in [-0.2, 0) is 9.47 Å². The molecule has 90 valence electrons. The van der Waals surface area contributed by atoms with Gasteiger partial charge in [-0.05, 0) is 12.1 Å². The van der Waals surface area contributed by atoms with E-state index in [1.165, 1.54) is 18.2 Å². The van der Waals surface area contributed by atoms with Crippen LogP contribution in [0.2, 0.25) is 0 Å². The van der Waals surface area contributed by atoms with E-state index in [4.69, 9.17) is 12.8 Å². The number of ether oxygens (including phenoxy) is 2. The molecule has 1 heterocycles. The fourth-order valence-electron chi connectivity index (χ4n) is 1.02. The molecule has 0 amide bonds. The molecule has 0 saturated heterocycles. The Kier molecular flexibility index (Phi) is 4.96. The average Bonchev–Trinajstić information content (AvgIpc) is 2.42. The molecule has 1 aromatic heterocycles. The number of esters is 2. The fourth-order valence-corrected chi connectivity index (χ4v) is 1.02. The van der Waals surface area contributed by atoms with Gasteiger partial charge in [-0.3, -0.25) is 0 Å². The summed E-state index contributed by atoms with van der Waals surface area (Å²) in [5.41, 5.74) is -0.0548. The monoisotopic (exact) mass is 243 g/mol. The van der Waals surface area contributed by atoms with Gasteiger partial charge >= 0.3 is 11.9 Å². The summed E-state index contributed by atoms with van der Waals surface area (Å²) in [7, 11) is 0. The Balaban J connectivity index is 2.80. The standard InChI is InChI=1S/C13H9NO4/c1-3-8-17-12(15)10-6-5-7-11(14-10)13(16)18-9-4-2/h1-2,5-7H,8-9H2. The fraction of sp³-hybridized carbons (Fsp3) is 0.154. The number of hydrogen-bond acceptors (Lipinski definition) is 5. The van der Waals surface area contributed by atoms with E-state index in [9.17, 15) is 9.59 Å². The highest BCUT2D eigenvalue weighted by atomic mass is 16.5. The number of terminal acetylenes is 2. The molecule has 0 bridgehead atoms. The smallest absolute Gasteiger partial charge is 0.357 e. The third-order valence-corrected chi connectivity index (χ3v) is 1.74. The number of aromatic nitrogens is 1. The van der Waals surface area contributed by atoms with Crippen molar-refractivity contribution in [1.82, 2.24) is 4.98 Å². The number of pyridine rings is 1. The Hall–Kier alpha value is -2.79. The molecule has 0 aromatic carbocycles. The van der Waals surface area contributed by atoms with Crippen LogP contribution in [0.25, 0.3) is 0 Å². The molecule has 5 nitrogen and oxygen atoms in total. The van der Waals surface area contributed by atoms with Gasteiger partial charge in [0.25, 0.3) is 0 Å². The summed E-state index contributed by atoms with van der Waals surface area (Å²) in [4.78, 5) is 26.6. The predicted octanol–water partition coefficient (Wildman–Crippen LogP) is 0.662. The number of carbonyl (C=O) groups excluding carboxylic acids is 2. The van der Waals surface area contributed by atoms with E-state index in [2.05, 4.69) is 26.3 Å². The van der Waals surface area contributed by atoms with Crippen LogP contribution in [0.1, 0.15) is 21.0 Å². The third kappa shape index (κ3) is 3.66. The zero-order valence-corrected chi connectivity index (χ0v) is 9.38. The minimum Gasteiger partial charge on any atom is -0.448 e. The first-order valence-corrected chi connectivity index (χ1v) is 4.87. The molecule has 0 aliphatic heterocycles. The van der Waals surface area contributed by atoms with Crippen LogP contribution >= 0.6 is 0 Å². The summed E-state index contributed by atoms with van der Waals surface area (Å²) < 4.78 is 9.34. The van der Waals surface area contributed by atoms with Crippen molar-refractivity contribution in [3.63, 3.8) is 0 Å². The molecule has 0 saturated carbocycles. The number of rotatable bonds is 4. The highest BCUT2D eigenvalue weighted by Crippen LogP contribution is 2.03. The van der Waals surface area contributed by atoms with Crippen molar-refractivity contribution in [2.24, 2.45) is 0 Å². The van der Waals surface area contributed by atoms with Crippen LogP contribution < -0.4 is 0 Å². The Morgan fingerprint density at radius 1 is 1.06 bits per heavy atom. The van der Waals surface area contributed by atoms with Gasteiger partial charge in [-0.2, -0.15) is 0 Å². The first-order chi connectivity index (χ1) is 8.69. The molecule has 0 atom stereocenters. The van der Waals surface area contributed by atoms with Crippen molar-refractivity contribution in [2.45, 2.75) is 0 Å². The number of hydrogen-bond donors (Lipinski definition) is 0. The van der Waals surface area contributed by atoms with Crippen LogP contribution in [0, 0.1) is 24.7 Å². The summed E-state index contributed by atoms with van der Waals surface area (Å²) in [6, 6.07) is 4.28. The second-order valence-corrected chi connectivity index (χ2v) is 2.97. The Labute approximate surface area is 104 Å². The maximum atomic E-state index is 11.4. The second-order valence-electron chi connectivity index (χ2n) is 2.97. The SMILES string of the molecule is C#CCOC(=O)c1cccc(C(=O)OCC#C)n1. The molecule has 0 radical (unpaired) electrons. The predicted molar refractivity (Wildman–Crippen MR) is 62.5 cm³/mol. The van der Waals surface area contributed by atoms with E-state index in [1.807, 2.05) is 0 Å². The minimum absolute atomic E-state index is 0.0274. The molecule has 0 fully saturated rings. The summed E-state index contributed by atoms with van der Waals surface area (Å²) in [6.45, 7) is -0.321. The Morgan fingerprint density at radius 2 is 1.50 bits per heavy atom. The molecule has 0 N–H and O–H groups in total. The van der Waals surface area contributed by atoms with E-state index >= 15 is 0 Å². The zero-order chi connectivity index (χ0) is 13.4. The Morgan fingerprint density at radius 3 is 1.89 bits per heavy atom. The molecular formula is C13H9NO4. The number of nitrogens with zero attached hydrogens (tertiary/aromatic N) is 1. The molecule has 18 heavy (non-hydrogen) atoms. The van der Waals surface area contributed by atoms with Crippen LogP contribution in [0.3, 0.4) is 0 Å². The van der Waals surface area contributed by atoms with Crippen molar-refractivity contribution in [1.29, 1.82) is 0 Å². The second kappa shape index (κ2) is 6.72. The van der Waals surface area contributed by atoms with Gasteiger partial charge in [0.1, 0.15) is 11.4 Å². The van der Waals surface area contributed by atoms with E-state index in [-0.39, 0.29) is 24.6 Å². The lowest BCUT2D eigenvalue weighted by atomic mass is 10.3. The molecule has 0 aliphatic carbocycles. The quantitative estimate of drug-likeness (QED) is 0.574. The third-order valence-electron chi connectivity index (χ3n) is 1.74. The van der Waals surface area contributed by atoms with Crippen molar-refractivity contribution in [3.05, 3.63) is 29.6 Å². The molecule has 0 spiro atoms. The van der Waals surface area contributed by atoms with Gasteiger partial charge in [0.15, 0.2) is 13.2 Å². The average molecular weight is 243 g/mol. The zero-order valence-electron chi connectivity index (χ0n) is 9.38. The van der Waals surface area contributed by atoms with Gasteiger partial charge in [0.2, 0.25) is 0 Å². The Bertz CT molecular complexity index is 491. The van der Waals surface area contributed by atoms with E-state index in [1.54, 1.807) is 0 Å². The van der Waals surface area contributed by atoms with Crippen LogP contribution in [0.5, 0.6) is 0 Å². The maximum Gasteiger partial charge on any atom is 0.357 e. The minimum atomic E-state index is -0.709. The lowest BCUT2D eigenvalue weighted by Gasteiger charge is -2.03. The van der Waals surface area contributed by atoms with E-state index in [0.717, 1.165) is 0 Å². The van der Waals surface area contributed by atoms with Crippen molar-refractivity contribution >= 4 is 11.9 Å². The van der Waals surface area contributed by atoms with E-state index < -0.39 is 11.9 Å².